The van der Waals surface area contributed by atoms with Gasteiger partial charge >= 0.3 is 0 Å². The highest BCUT2D eigenvalue weighted by Crippen LogP contribution is 2.23. The molecule has 0 saturated carbocycles. The molecule has 102 valence electrons. The summed E-state index contributed by atoms with van der Waals surface area (Å²) in [6.45, 7) is 4.07. The van der Waals surface area contributed by atoms with Crippen molar-refractivity contribution < 1.29 is 9.45 Å². The van der Waals surface area contributed by atoms with Gasteiger partial charge in [-0.15, -0.1) is 0 Å². The first-order valence-corrected chi connectivity index (χ1v) is 5.87. The van der Waals surface area contributed by atoms with E-state index in [2.05, 4.69) is 10.5 Å². The van der Waals surface area contributed by atoms with Gasteiger partial charge in [0, 0.05) is 24.2 Å². The third kappa shape index (κ3) is 2.59. The zero-order valence-electron chi connectivity index (χ0n) is 11.0. The third-order valence-electron chi connectivity index (χ3n) is 2.97. The van der Waals surface area contributed by atoms with Crippen molar-refractivity contribution in [3.05, 3.63) is 50.9 Å². The molecule has 20 heavy (non-hydrogen) atoms. The minimum Gasteiger partial charge on any atom is -0.380 e. The molecule has 2 rings (SSSR count). The molecule has 7 heteroatoms. The second-order valence-corrected chi connectivity index (χ2v) is 4.26. The molecule has 0 atom stereocenters. The maximum Gasteiger partial charge on any atom is 0.270 e. The molecule has 0 spiro atoms. The lowest BCUT2D eigenvalue weighted by atomic mass is 10.1. The van der Waals surface area contributed by atoms with Gasteiger partial charge in [0.05, 0.1) is 21.9 Å². The van der Waals surface area contributed by atoms with Gasteiger partial charge in [-0.05, 0) is 19.9 Å². The van der Waals surface area contributed by atoms with E-state index < -0.39 is 4.92 Å². The van der Waals surface area contributed by atoms with E-state index in [1.807, 2.05) is 13.0 Å². The van der Waals surface area contributed by atoms with E-state index in [1.165, 1.54) is 18.2 Å². The van der Waals surface area contributed by atoms with Crippen molar-refractivity contribution >= 4 is 11.4 Å². The number of benzene rings is 1. The van der Waals surface area contributed by atoms with Crippen LogP contribution in [0.25, 0.3) is 0 Å². The van der Waals surface area contributed by atoms with Gasteiger partial charge in [0.15, 0.2) is 0 Å². The molecule has 0 unspecified atom stereocenters. The van der Waals surface area contributed by atoms with Crippen LogP contribution in [0.5, 0.6) is 0 Å². The van der Waals surface area contributed by atoms with Gasteiger partial charge in [0.1, 0.15) is 11.8 Å². The second-order valence-electron chi connectivity index (χ2n) is 4.26. The van der Waals surface area contributed by atoms with Gasteiger partial charge in [-0.1, -0.05) is 5.16 Å². The molecule has 1 N–H and O–H groups in total. The van der Waals surface area contributed by atoms with Crippen LogP contribution >= 0.6 is 0 Å². The molecular weight excluding hydrogens is 260 g/mol. The smallest absolute Gasteiger partial charge is 0.270 e. The van der Waals surface area contributed by atoms with Crippen LogP contribution in [0, 0.1) is 35.3 Å². The molecule has 1 aromatic carbocycles. The van der Waals surface area contributed by atoms with E-state index in [0.717, 1.165) is 11.3 Å². The fourth-order valence-electron chi connectivity index (χ4n) is 1.83. The van der Waals surface area contributed by atoms with Gasteiger partial charge in [0.2, 0.25) is 0 Å². The van der Waals surface area contributed by atoms with Crippen molar-refractivity contribution in [2.75, 3.05) is 5.32 Å². The number of hydrogen-bond donors (Lipinski definition) is 1. The van der Waals surface area contributed by atoms with Gasteiger partial charge in [-0.25, -0.2) is 0 Å². The van der Waals surface area contributed by atoms with Gasteiger partial charge in [0.25, 0.3) is 5.69 Å². The molecule has 0 fully saturated rings. The average molecular weight is 272 g/mol. The summed E-state index contributed by atoms with van der Waals surface area (Å²) in [6, 6.07) is 6.07. The third-order valence-corrected chi connectivity index (χ3v) is 2.97. The summed E-state index contributed by atoms with van der Waals surface area (Å²) in [5.41, 5.74) is 2.34. The Morgan fingerprint density at radius 1 is 1.50 bits per heavy atom. The second kappa shape index (κ2) is 5.40. The van der Waals surface area contributed by atoms with Crippen LogP contribution in [0.1, 0.15) is 22.6 Å². The number of nitrogens with one attached hydrogen (secondary N) is 1. The predicted molar refractivity (Wildman–Crippen MR) is 71.1 cm³/mol. The number of nitro benzene ring substituents is 1. The lowest BCUT2D eigenvalue weighted by molar-refractivity contribution is -0.384. The predicted octanol–water partition coefficient (Wildman–Crippen LogP) is 2.68. The molecule has 0 bridgehead atoms. The Hall–Kier alpha value is -2.88. The Morgan fingerprint density at radius 3 is 2.80 bits per heavy atom. The summed E-state index contributed by atoms with van der Waals surface area (Å²) in [5, 5.41) is 26.6. The Morgan fingerprint density at radius 2 is 2.25 bits per heavy atom. The summed E-state index contributed by atoms with van der Waals surface area (Å²) >= 11 is 0. The normalized spacial score (nSPS) is 10.1. The van der Waals surface area contributed by atoms with Gasteiger partial charge in [-0.2, -0.15) is 5.26 Å². The van der Waals surface area contributed by atoms with E-state index in [9.17, 15) is 10.1 Å². The number of nitrogens with zero attached hydrogens (tertiary/aromatic N) is 3. The Kier molecular flexibility index (Phi) is 3.66. The Balaban J connectivity index is 2.22. The molecule has 0 aliphatic heterocycles. The molecule has 2 aromatic rings. The quantitative estimate of drug-likeness (QED) is 0.677. The Labute approximate surface area is 115 Å². The molecule has 0 amide bonds. The number of rotatable bonds is 4. The topological polar surface area (TPSA) is 105 Å². The van der Waals surface area contributed by atoms with Crippen LogP contribution in [0.3, 0.4) is 0 Å². The monoisotopic (exact) mass is 272 g/mol. The standard InChI is InChI=1S/C13H12N4O3/c1-8-12(9(2)20-16-8)7-15-13-4-3-11(17(18)19)5-10(13)6-14/h3-5,15H,7H2,1-2H3. The number of hydrogen-bond acceptors (Lipinski definition) is 6. The van der Waals surface area contributed by atoms with Crippen LogP contribution in [0.2, 0.25) is 0 Å². The zero-order valence-corrected chi connectivity index (χ0v) is 11.0. The van der Waals surface area contributed by atoms with Crippen LogP contribution in [-0.4, -0.2) is 10.1 Å². The van der Waals surface area contributed by atoms with E-state index in [1.54, 1.807) is 6.92 Å². The van der Waals surface area contributed by atoms with Crippen molar-refractivity contribution in [1.29, 1.82) is 5.26 Å². The van der Waals surface area contributed by atoms with Crippen LogP contribution in [-0.2, 0) is 6.54 Å². The number of aromatic nitrogens is 1. The molecule has 1 heterocycles. The van der Waals surface area contributed by atoms with Gasteiger partial charge < -0.3 is 9.84 Å². The summed E-state index contributed by atoms with van der Waals surface area (Å²) in [4.78, 5) is 10.1. The fraction of sp³-hybridized carbons (Fsp3) is 0.231. The first-order valence-electron chi connectivity index (χ1n) is 5.87. The summed E-state index contributed by atoms with van der Waals surface area (Å²) in [7, 11) is 0. The number of nitriles is 1. The lowest BCUT2D eigenvalue weighted by Gasteiger charge is -2.07. The van der Waals surface area contributed by atoms with E-state index in [4.69, 9.17) is 9.78 Å². The molecule has 1 aromatic heterocycles. The minimum atomic E-state index is -0.529. The SMILES string of the molecule is Cc1noc(C)c1CNc1ccc([N+](=O)[O-])cc1C#N. The van der Waals surface area contributed by atoms with Gasteiger partial charge in [-0.3, -0.25) is 10.1 Å². The number of nitro groups is 1. The minimum absolute atomic E-state index is 0.107. The molecule has 0 aliphatic carbocycles. The van der Waals surface area contributed by atoms with Crippen LogP contribution < -0.4 is 5.32 Å². The van der Waals surface area contributed by atoms with Crippen molar-refractivity contribution in [3.63, 3.8) is 0 Å². The molecule has 0 aliphatic rings. The summed E-state index contributed by atoms with van der Waals surface area (Å²) < 4.78 is 5.05. The van der Waals surface area contributed by atoms with Crippen molar-refractivity contribution in [2.24, 2.45) is 0 Å². The highest BCUT2D eigenvalue weighted by atomic mass is 16.6. The highest BCUT2D eigenvalue weighted by molar-refractivity contribution is 5.61. The number of aryl methyl sites for hydroxylation is 2. The molecule has 0 saturated heterocycles. The summed E-state index contributed by atoms with van der Waals surface area (Å²) in [6.07, 6.45) is 0. The number of non-ortho nitro benzene ring substituents is 1. The summed E-state index contributed by atoms with van der Waals surface area (Å²) in [5.74, 6) is 0.704. The maximum absolute atomic E-state index is 10.7. The fourth-order valence-corrected chi connectivity index (χ4v) is 1.83. The largest absolute Gasteiger partial charge is 0.380 e. The van der Waals surface area contributed by atoms with E-state index in [0.29, 0.717) is 18.0 Å². The van der Waals surface area contributed by atoms with Crippen molar-refractivity contribution in [1.82, 2.24) is 5.16 Å². The highest BCUT2D eigenvalue weighted by Gasteiger charge is 2.12. The maximum atomic E-state index is 10.7. The van der Waals surface area contributed by atoms with Crippen LogP contribution in [0.15, 0.2) is 22.7 Å². The first-order chi connectivity index (χ1) is 9.52. The van der Waals surface area contributed by atoms with Crippen molar-refractivity contribution in [3.8, 4) is 6.07 Å². The first kappa shape index (κ1) is 13.5. The van der Waals surface area contributed by atoms with E-state index >= 15 is 0 Å². The molecule has 0 radical (unpaired) electrons. The molecular formula is C13H12N4O3. The number of anilines is 1. The van der Waals surface area contributed by atoms with Crippen LogP contribution in [0.4, 0.5) is 11.4 Å². The zero-order chi connectivity index (χ0) is 14.7. The van der Waals surface area contributed by atoms with E-state index in [-0.39, 0.29) is 11.3 Å². The Bertz CT molecular complexity index is 681. The average Bonchev–Trinajstić information content (AvgIpc) is 2.75. The molecule has 7 nitrogen and oxygen atoms in total. The van der Waals surface area contributed by atoms with Crippen molar-refractivity contribution in [2.45, 2.75) is 20.4 Å². The lowest BCUT2D eigenvalue weighted by Crippen LogP contribution is -2.03.